The largest absolute Gasteiger partial charge is 0.286 e. The van der Waals surface area contributed by atoms with Gasteiger partial charge in [0.05, 0.1) is 0 Å². The third-order valence-corrected chi connectivity index (χ3v) is 4.44. The summed E-state index contributed by atoms with van der Waals surface area (Å²) in [7, 11) is 0. The average molecular weight is 248 g/mol. The van der Waals surface area contributed by atoms with Crippen LogP contribution >= 0.6 is 0 Å². The van der Waals surface area contributed by atoms with E-state index >= 15 is 0 Å². The van der Waals surface area contributed by atoms with Gasteiger partial charge in [0.15, 0.2) is 0 Å². The van der Waals surface area contributed by atoms with Crippen molar-refractivity contribution in [3.05, 3.63) is 11.8 Å². The van der Waals surface area contributed by atoms with Gasteiger partial charge in [0.25, 0.3) is 0 Å². The number of hydrogen-bond acceptors (Lipinski definition) is 2. The summed E-state index contributed by atoms with van der Waals surface area (Å²) < 4.78 is 0. The molecule has 2 aliphatic rings. The molecule has 0 aromatic carbocycles. The fraction of sp³-hybridized carbons (Fsp3) is 0.812. The van der Waals surface area contributed by atoms with Gasteiger partial charge in [-0.05, 0) is 49.5 Å². The van der Waals surface area contributed by atoms with Crippen LogP contribution < -0.4 is 5.43 Å². The van der Waals surface area contributed by atoms with Crippen LogP contribution in [0.2, 0.25) is 0 Å². The van der Waals surface area contributed by atoms with E-state index in [4.69, 9.17) is 0 Å². The van der Waals surface area contributed by atoms with E-state index in [1.54, 1.807) is 5.57 Å². The molecular formula is C16H28N2. The molecule has 2 nitrogen and oxygen atoms in total. The number of fused-ring (bicyclic) bond motifs is 1. The number of hydrazone groups is 1. The van der Waals surface area contributed by atoms with Crippen LogP contribution in [-0.4, -0.2) is 5.71 Å². The lowest BCUT2D eigenvalue weighted by Crippen LogP contribution is -2.27. The molecule has 1 aliphatic carbocycles. The van der Waals surface area contributed by atoms with Crippen molar-refractivity contribution in [2.75, 3.05) is 0 Å². The van der Waals surface area contributed by atoms with Crippen molar-refractivity contribution in [2.45, 2.75) is 65.7 Å². The lowest BCUT2D eigenvalue weighted by Gasteiger charge is -2.30. The van der Waals surface area contributed by atoms with Crippen LogP contribution in [0.25, 0.3) is 0 Å². The van der Waals surface area contributed by atoms with Gasteiger partial charge in [0, 0.05) is 17.8 Å². The van der Waals surface area contributed by atoms with Crippen molar-refractivity contribution in [1.29, 1.82) is 0 Å². The molecule has 0 aromatic rings. The lowest BCUT2D eigenvalue weighted by atomic mass is 9.77. The second kappa shape index (κ2) is 6.40. The molecule has 2 atom stereocenters. The quantitative estimate of drug-likeness (QED) is 0.782. The Labute approximate surface area is 112 Å². The number of nitrogens with one attached hydrogen (secondary N) is 1. The molecule has 18 heavy (non-hydrogen) atoms. The highest BCUT2D eigenvalue weighted by Gasteiger charge is 2.26. The maximum Gasteiger partial charge on any atom is 0.0456 e. The molecule has 0 bridgehead atoms. The van der Waals surface area contributed by atoms with Crippen LogP contribution in [0, 0.1) is 17.8 Å². The summed E-state index contributed by atoms with van der Waals surface area (Å²) in [4.78, 5) is 0. The Morgan fingerprint density at radius 1 is 1.33 bits per heavy atom. The zero-order valence-electron chi connectivity index (χ0n) is 12.2. The molecule has 2 rings (SSSR count). The molecule has 102 valence electrons. The number of hydrogen-bond donors (Lipinski definition) is 1. The van der Waals surface area contributed by atoms with Crippen molar-refractivity contribution in [3.8, 4) is 0 Å². The normalized spacial score (nSPS) is 28.7. The standard InChI is InChI=1S/C16H28N2/c1-4-13-6-5-7-14-11-17-18-16(10-12(2)3)15(14)9-8-13/h11-13,15,17H,4-10H2,1-3H3. The van der Waals surface area contributed by atoms with Crippen molar-refractivity contribution in [2.24, 2.45) is 22.9 Å². The molecule has 1 saturated carbocycles. The summed E-state index contributed by atoms with van der Waals surface area (Å²) in [6.45, 7) is 6.92. The minimum absolute atomic E-state index is 0.642. The van der Waals surface area contributed by atoms with E-state index < -0.39 is 0 Å². The summed E-state index contributed by atoms with van der Waals surface area (Å²) in [5, 5.41) is 4.57. The second-order valence-corrected chi connectivity index (χ2v) is 6.35. The van der Waals surface area contributed by atoms with Crippen LogP contribution in [-0.2, 0) is 0 Å². The number of allylic oxidation sites excluding steroid dienone is 1. The highest BCUT2D eigenvalue weighted by Crippen LogP contribution is 2.34. The fourth-order valence-electron chi connectivity index (χ4n) is 3.35. The van der Waals surface area contributed by atoms with E-state index in [2.05, 4.69) is 37.5 Å². The van der Waals surface area contributed by atoms with Gasteiger partial charge < -0.3 is 0 Å². The molecule has 0 aromatic heterocycles. The number of nitrogens with zero attached hydrogens (tertiary/aromatic N) is 1. The van der Waals surface area contributed by atoms with Gasteiger partial charge in [-0.3, -0.25) is 5.43 Å². The zero-order valence-corrected chi connectivity index (χ0v) is 12.2. The second-order valence-electron chi connectivity index (χ2n) is 6.35. The Bertz CT molecular complexity index is 328. The molecule has 1 aliphatic heterocycles. The summed E-state index contributed by atoms with van der Waals surface area (Å²) >= 11 is 0. The van der Waals surface area contributed by atoms with Crippen LogP contribution in [0.1, 0.15) is 65.7 Å². The van der Waals surface area contributed by atoms with Gasteiger partial charge in [0.2, 0.25) is 0 Å². The molecule has 0 radical (unpaired) electrons. The van der Waals surface area contributed by atoms with Gasteiger partial charge in [-0.2, -0.15) is 5.10 Å². The van der Waals surface area contributed by atoms with E-state index in [0.29, 0.717) is 11.8 Å². The minimum Gasteiger partial charge on any atom is -0.286 e. The first-order valence-corrected chi connectivity index (χ1v) is 7.71. The molecule has 2 heteroatoms. The van der Waals surface area contributed by atoms with E-state index in [1.807, 2.05) is 0 Å². The van der Waals surface area contributed by atoms with Crippen LogP contribution in [0.15, 0.2) is 16.9 Å². The maximum absolute atomic E-state index is 4.57. The fourth-order valence-corrected chi connectivity index (χ4v) is 3.35. The highest BCUT2D eigenvalue weighted by molar-refractivity contribution is 5.89. The number of rotatable bonds is 3. The third-order valence-electron chi connectivity index (χ3n) is 4.44. The first kappa shape index (κ1) is 13.6. The van der Waals surface area contributed by atoms with E-state index in [9.17, 15) is 0 Å². The monoisotopic (exact) mass is 248 g/mol. The van der Waals surface area contributed by atoms with Crippen LogP contribution in [0.4, 0.5) is 0 Å². The minimum atomic E-state index is 0.642. The summed E-state index contributed by atoms with van der Waals surface area (Å²) in [6.07, 6.45) is 11.4. The van der Waals surface area contributed by atoms with Gasteiger partial charge in [-0.15, -0.1) is 0 Å². The zero-order chi connectivity index (χ0) is 13.0. The molecular weight excluding hydrogens is 220 g/mol. The molecule has 0 amide bonds. The van der Waals surface area contributed by atoms with Crippen LogP contribution in [0.3, 0.4) is 0 Å². The van der Waals surface area contributed by atoms with E-state index in [0.717, 1.165) is 12.3 Å². The van der Waals surface area contributed by atoms with Crippen molar-refractivity contribution in [1.82, 2.24) is 5.43 Å². The molecule has 1 heterocycles. The Morgan fingerprint density at radius 2 is 2.17 bits per heavy atom. The van der Waals surface area contributed by atoms with Gasteiger partial charge >= 0.3 is 0 Å². The van der Waals surface area contributed by atoms with Gasteiger partial charge in [0.1, 0.15) is 0 Å². The summed E-state index contributed by atoms with van der Waals surface area (Å²) in [5.41, 5.74) is 6.15. The predicted octanol–water partition coefficient (Wildman–Crippen LogP) is 4.48. The van der Waals surface area contributed by atoms with Gasteiger partial charge in [-0.1, -0.05) is 33.6 Å². The van der Waals surface area contributed by atoms with Crippen molar-refractivity contribution >= 4 is 5.71 Å². The molecule has 0 saturated heterocycles. The first-order chi connectivity index (χ1) is 8.70. The first-order valence-electron chi connectivity index (χ1n) is 7.71. The van der Waals surface area contributed by atoms with Crippen molar-refractivity contribution in [3.63, 3.8) is 0 Å². The summed E-state index contributed by atoms with van der Waals surface area (Å²) in [6, 6.07) is 0. The maximum atomic E-state index is 4.57. The SMILES string of the molecule is CCC1CCCC2=CNN=C(CC(C)C)C2CC1. The third kappa shape index (κ3) is 3.37. The topological polar surface area (TPSA) is 24.4 Å². The highest BCUT2D eigenvalue weighted by atomic mass is 15.3. The van der Waals surface area contributed by atoms with E-state index in [1.165, 1.54) is 44.2 Å². The molecule has 0 spiro atoms. The Kier molecular flexibility index (Phi) is 4.85. The average Bonchev–Trinajstić information content (AvgIpc) is 2.30. The molecule has 2 unspecified atom stereocenters. The van der Waals surface area contributed by atoms with E-state index in [-0.39, 0.29) is 0 Å². The summed E-state index contributed by atoms with van der Waals surface area (Å²) in [5.74, 6) is 2.29. The lowest BCUT2D eigenvalue weighted by molar-refractivity contribution is 0.373. The van der Waals surface area contributed by atoms with Crippen molar-refractivity contribution < 1.29 is 0 Å². The Hall–Kier alpha value is -0.790. The Balaban J connectivity index is 2.05. The predicted molar refractivity (Wildman–Crippen MR) is 78.5 cm³/mol. The molecule has 1 fully saturated rings. The van der Waals surface area contributed by atoms with Gasteiger partial charge in [-0.25, -0.2) is 0 Å². The van der Waals surface area contributed by atoms with Crippen LogP contribution in [0.5, 0.6) is 0 Å². The Morgan fingerprint density at radius 3 is 2.89 bits per heavy atom. The smallest absolute Gasteiger partial charge is 0.0456 e. The molecule has 1 N–H and O–H groups in total.